The summed E-state index contributed by atoms with van der Waals surface area (Å²) in [5, 5.41) is 6.98. The Hall–Kier alpha value is -12.5. The molecule has 0 bridgehead atoms. The standard InChI is InChI=1S/C120H105NO3/c1-13-15-17-19-34-60-120(61-35-20-18-16-14-2)91-44-30-24-38-77(91)80-55-49-72(63-97(80)120)71-48-54-78-79-56-50-73(64-93(79)115(3,4)92(78)62-71)89-69-99-104(107-86-41-27-32-46-101(86)123-113(89)107)83-58-52-75(66-95(83)117(99,7)8)121(74-51-57-82-94(65-74)116(5,6)98-68-88(70-36-22-21-23-37-70)112-106(103(82)98)85-40-26-31-45-100(85)122-112)76-53-59-84-96(67-76)119(11,12)110-105(84)108-87-42-28-33-47-102(87)124-114(108)109-81-39-25-29-43-90(81)118(9,10)111(109)110/h21-33,36-59,62-69H,13-20,34-35,60-61H2,1-12H3. The highest BCUT2D eigenvalue weighted by Crippen LogP contribution is 2.66. The molecule has 608 valence electrons. The van der Waals surface area contributed by atoms with Crippen molar-refractivity contribution in [3.63, 3.8) is 0 Å². The largest absolute Gasteiger partial charge is 0.455 e. The van der Waals surface area contributed by atoms with E-state index in [9.17, 15) is 0 Å². The summed E-state index contributed by atoms with van der Waals surface area (Å²) >= 11 is 0. The third-order valence-corrected chi connectivity index (χ3v) is 31.3. The molecular weight excluding hydrogens is 1500 g/mol. The van der Waals surface area contributed by atoms with Crippen LogP contribution in [-0.4, -0.2) is 0 Å². The number of nitrogens with zero attached hydrogens (tertiary/aromatic N) is 1. The van der Waals surface area contributed by atoms with Gasteiger partial charge in [0.15, 0.2) is 0 Å². The number of hydrogen-bond donors (Lipinski definition) is 0. The summed E-state index contributed by atoms with van der Waals surface area (Å²) in [6, 6.07) is 105. The molecule has 0 fully saturated rings. The average Bonchev–Trinajstić information content (AvgIpc) is 1.49. The van der Waals surface area contributed by atoms with Crippen LogP contribution < -0.4 is 4.90 Å². The fourth-order valence-corrected chi connectivity index (χ4v) is 25.0. The fraction of sp³-hybridized carbons (Fsp3) is 0.250. The minimum atomic E-state index is -0.457. The number of furan rings is 3. The first-order chi connectivity index (χ1) is 60.2. The third-order valence-electron chi connectivity index (χ3n) is 31.3. The second-order valence-corrected chi connectivity index (χ2v) is 39.9. The van der Waals surface area contributed by atoms with Gasteiger partial charge in [-0.15, -0.1) is 0 Å². The Bertz CT molecular complexity index is 7610. The van der Waals surface area contributed by atoms with Crippen molar-refractivity contribution in [2.45, 2.75) is 193 Å². The van der Waals surface area contributed by atoms with Crippen LogP contribution in [-0.2, 0) is 32.5 Å². The van der Waals surface area contributed by atoms with Crippen LogP contribution in [0.5, 0.6) is 0 Å². The topological polar surface area (TPSA) is 42.7 Å². The van der Waals surface area contributed by atoms with Gasteiger partial charge in [-0.05, 0) is 248 Å². The maximum atomic E-state index is 7.36. The minimum Gasteiger partial charge on any atom is -0.455 e. The Morgan fingerprint density at radius 1 is 0.234 bits per heavy atom. The average molecular weight is 1610 g/mol. The second kappa shape index (κ2) is 27.0. The van der Waals surface area contributed by atoms with E-state index < -0.39 is 16.2 Å². The minimum absolute atomic E-state index is 0.0149. The van der Waals surface area contributed by atoms with Crippen LogP contribution in [0, 0.1) is 0 Å². The van der Waals surface area contributed by atoms with Crippen LogP contribution in [0.1, 0.15) is 227 Å². The van der Waals surface area contributed by atoms with Crippen molar-refractivity contribution in [1.82, 2.24) is 0 Å². The van der Waals surface area contributed by atoms with E-state index >= 15 is 0 Å². The molecule has 6 aliphatic rings. The van der Waals surface area contributed by atoms with E-state index in [2.05, 4.69) is 361 Å². The highest BCUT2D eigenvalue weighted by Gasteiger charge is 2.51. The zero-order valence-corrected chi connectivity index (χ0v) is 73.6. The monoisotopic (exact) mass is 1610 g/mol. The summed E-state index contributed by atoms with van der Waals surface area (Å²) in [5.74, 6) is 0. The molecule has 0 radical (unpaired) electrons. The SMILES string of the molecule is CCCCCCCC1(CCCCCCC)c2ccccc2-c2ccc(-c3ccc4c(c3)C(C)(C)c3cc(-c5cc6c(c7c5oc5ccccc57)-c5ccc(N(c7ccc8c(c7)C(C)(C)c7cc(-c9ccccc9)c9oc%10ccccc%10c9c7-8)c7ccc8c(c7)C(C)(C)c7c9c(c%10oc%11ccccc%11c%10c7-8)-c7ccccc7C9(C)C)cc5C6(C)C)ccc3-4)cc21. The summed E-state index contributed by atoms with van der Waals surface area (Å²) in [6.45, 7) is 29.3. The summed E-state index contributed by atoms with van der Waals surface area (Å²) in [7, 11) is 0. The second-order valence-electron chi connectivity index (χ2n) is 39.9. The van der Waals surface area contributed by atoms with E-state index in [4.69, 9.17) is 13.3 Å². The van der Waals surface area contributed by atoms with Gasteiger partial charge in [-0.3, -0.25) is 0 Å². The number of fused-ring (bicyclic) bond motifs is 32. The van der Waals surface area contributed by atoms with Crippen molar-refractivity contribution in [1.29, 1.82) is 0 Å². The van der Waals surface area contributed by atoms with Crippen molar-refractivity contribution in [3.05, 3.63) is 340 Å². The summed E-state index contributed by atoms with van der Waals surface area (Å²) in [6.07, 6.45) is 15.3. The van der Waals surface area contributed by atoms with Gasteiger partial charge in [0, 0.05) is 98.6 Å². The van der Waals surface area contributed by atoms with Gasteiger partial charge in [-0.25, -0.2) is 0 Å². The first-order valence-corrected chi connectivity index (χ1v) is 46.1. The lowest BCUT2D eigenvalue weighted by Crippen LogP contribution is -2.25. The number of anilines is 3. The van der Waals surface area contributed by atoms with Crippen LogP contribution in [0.4, 0.5) is 17.1 Å². The lowest BCUT2D eigenvalue weighted by atomic mass is 9.70. The molecule has 3 aromatic heterocycles. The molecular formula is C120H105NO3. The molecule has 24 rings (SSSR count). The van der Waals surface area contributed by atoms with Gasteiger partial charge < -0.3 is 18.2 Å². The van der Waals surface area contributed by atoms with Gasteiger partial charge >= 0.3 is 0 Å². The summed E-state index contributed by atoms with van der Waals surface area (Å²) in [5.41, 5.74) is 46.2. The van der Waals surface area contributed by atoms with Gasteiger partial charge in [-0.2, -0.15) is 0 Å². The predicted molar refractivity (Wildman–Crippen MR) is 520 cm³/mol. The van der Waals surface area contributed by atoms with E-state index in [1.54, 1.807) is 11.1 Å². The van der Waals surface area contributed by atoms with Crippen molar-refractivity contribution in [2.24, 2.45) is 0 Å². The normalized spacial score (nSPS) is 15.9. The molecule has 6 aliphatic carbocycles. The van der Waals surface area contributed by atoms with E-state index in [0.717, 1.165) is 83.4 Å². The lowest BCUT2D eigenvalue weighted by Gasteiger charge is -2.33. The van der Waals surface area contributed by atoms with Crippen LogP contribution >= 0.6 is 0 Å². The van der Waals surface area contributed by atoms with Crippen LogP contribution in [0.15, 0.2) is 286 Å². The lowest BCUT2D eigenvalue weighted by molar-refractivity contribution is 0.399. The van der Waals surface area contributed by atoms with E-state index in [1.807, 2.05) is 0 Å². The van der Waals surface area contributed by atoms with Gasteiger partial charge in [-0.1, -0.05) is 335 Å². The molecule has 0 saturated carbocycles. The zero-order chi connectivity index (χ0) is 84.0. The zero-order valence-electron chi connectivity index (χ0n) is 73.6. The number of para-hydroxylation sites is 3. The quantitative estimate of drug-likeness (QED) is 0.0803. The first-order valence-electron chi connectivity index (χ1n) is 46.1. The van der Waals surface area contributed by atoms with Gasteiger partial charge in [0.1, 0.15) is 33.5 Å². The molecule has 0 saturated heterocycles. The number of benzene rings is 15. The highest BCUT2D eigenvalue weighted by atomic mass is 16.3. The van der Waals surface area contributed by atoms with Crippen LogP contribution in [0.25, 0.3) is 166 Å². The Morgan fingerprint density at radius 3 is 1.12 bits per heavy atom. The number of rotatable bonds is 18. The smallest absolute Gasteiger partial charge is 0.144 e. The van der Waals surface area contributed by atoms with Crippen LogP contribution in [0.2, 0.25) is 0 Å². The Morgan fingerprint density at radius 2 is 0.589 bits per heavy atom. The van der Waals surface area contributed by atoms with E-state index in [-0.39, 0.29) is 16.2 Å². The molecule has 124 heavy (non-hydrogen) atoms. The molecule has 15 aromatic carbocycles. The third kappa shape index (κ3) is 10.4. The number of hydrogen-bond acceptors (Lipinski definition) is 4. The van der Waals surface area contributed by atoms with E-state index in [1.165, 1.54) is 232 Å². The first kappa shape index (κ1) is 75.3. The number of unbranched alkanes of at least 4 members (excludes halogenated alkanes) is 8. The molecule has 0 atom stereocenters. The molecule has 0 spiro atoms. The van der Waals surface area contributed by atoms with Crippen LogP contribution in [0.3, 0.4) is 0 Å². The molecule has 4 heteroatoms. The van der Waals surface area contributed by atoms with E-state index in [0.29, 0.717) is 0 Å². The predicted octanol–water partition coefficient (Wildman–Crippen LogP) is 34.4. The van der Waals surface area contributed by atoms with Gasteiger partial charge in [0.2, 0.25) is 0 Å². The Labute approximate surface area is 728 Å². The Kier molecular flexibility index (Phi) is 16.4. The molecule has 0 unspecified atom stereocenters. The van der Waals surface area contributed by atoms with Crippen molar-refractivity contribution in [3.8, 4) is 100 Å². The molecule has 3 heterocycles. The van der Waals surface area contributed by atoms with Crippen molar-refractivity contribution >= 4 is 82.9 Å². The molecule has 0 N–H and O–H groups in total. The van der Waals surface area contributed by atoms with Crippen molar-refractivity contribution in [2.75, 3.05) is 4.90 Å². The van der Waals surface area contributed by atoms with Gasteiger partial charge in [0.05, 0.1) is 0 Å². The van der Waals surface area contributed by atoms with Gasteiger partial charge in [0.25, 0.3) is 0 Å². The fourth-order valence-electron chi connectivity index (χ4n) is 25.0. The molecule has 4 nitrogen and oxygen atoms in total. The van der Waals surface area contributed by atoms with Crippen molar-refractivity contribution < 1.29 is 13.3 Å². The summed E-state index contributed by atoms with van der Waals surface area (Å²) < 4.78 is 21.6. The highest BCUT2D eigenvalue weighted by molar-refractivity contribution is 6.23. The maximum absolute atomic E-state index is 7.36. The maximum Gasteiger partial charge on any atom is 0.144 e. The Balaban J connectivity index is 0.645. The molecule has 0 amide bonds. The molecule has 18 aromatic rings. The molecule has 0 aliphatic heterocycles. The summed E-state index contributed by atoms with van der Waals surface area (Å²) in [4.78, 5) is 2.59.